The fraction of sp³-hybridized carbons (Fsp3) is 0.500. The highest BCUT2D eigenvalue weighted by atomic mass is 16.4. The molecule has 0 aliphatic carbocycles. The van der Waals surface area contributed by atoms with Crippen LogP contribution in [-0.4, -0.2) is 16.1 Å². The number of hydrogen-bond donors (Lipinski definition) is 3. The van der Waals surface area contributed by atoms with Crippen molar-refractivity contribution in [2.75, 3.05) is 0 Å². The third kappa shape index (κ3) is 2.14. The molecule has 14 heavy (non-hydrogen) atoms. The maximum absolute atomic E-state index is 11.0. The summed E-state index contributed by atoms with van der Waals surface area (Å²) in [5, 5.41) is 9.02. The normalized spacial score (nSPS) is 15.4. The van der Waals surface area contributed by atoms with E-state index in [1.54, 1.807) is 12.4 Å². The molecule has 0 saturated carbocycles. The first-order valence-corrected chi connectivity index (χ1v) is 4.65. The van der Waals surface area contributed by atoms with Crippen LogP contribution in [0.2, 0.25) is 0 Å². The Morgan fingerprint density at radius 1 is 1.57 bits per heavy atom. The van der Waals surface area contributed by atoms with Crippen LogP contribution in [0.5, 0.6) is 0 Å². The molecule has 4 N–H and O–H groups in total. The number of hydrogen-bond acceptors (Lipinski definition) is 2. The van der Waals surface area contributed by atoms with Crippen molar-refractivity contribution < 1.29 is 9.90 Å². The summed E-state index contributed by atoms with van der Waals surface area (Å²) in [5.74, 6) is -1.35. The van der Waals surface area contributed by atoms with Crippen molar-refractivity contribution in [1.82, 2.24) is 4.98 Å². The number of nitrogens with one attached hydrogen (secondary N) is 1. The van der Waals surface area contributed by atoms with Crippen LogP contribution in [0.4, 0.5) is 0 Å². The molecule has 1 aromatic rings. The first-order chi connectivity index (χ1) is 6.54. The predicted octanol–water partition coefficient (Wildman–Crippen LogP) is 1.37. The minimum absolute atomic E-state index is 0.0254. The number of carbonyl (C=O) groups is 1. The van der Waals surface area contributed by atoms with Crippen molar-refractivity contribution in [2.45, 2.75) is 19.9 Å². The van der Waals surface area contributed by atoms with Gasteiger partial charge in [-0.2, -0.15) is 0 Å². The molecule has 1 heterocycles. The van der Waals surface area contributed by atoms with Crippen LogP contribution in [0.3, 0.4) is 0 Å². The van der Waals surface area contributed by atoms with E-state index < -0.39 is 17.9 Å². The number of aromatic amines is 1. The highest BCUT2D eigenvalue weighted by molar-refractivity contribution is 5.71. The van der Waals surface area contributed by atoms with Crippen molar-refractivity contribution in [3.63, 3.8) is 0 Å². The van der Waals surface area contributed by atoms with Gasteiger partial charge < -0.3 is 15.8 Å². The molecular weight excluding hydrogens is 180 g/mol. The van der Waals surface area contributed by atoms with E-state index in [9.17, 15) is 4.79 Å². The third-order valence-corrected chi connectivity index (χ3v) is 2.40. The zero-order valence-electron chi connectivity index (χ0n) is 8.40. The molecule has 0 fully saturated rings. The summed E-state index contributed by atoms with van der Waals surface area (Å²) in [7, 11) is 0. The minimum atomic E-state index is -0.839. The van der Waals surface area contributed by atoms with E-state index in [0.29, 0.717) is 0 Å². The summed E-state index contributed by atoms with van der Waals surface area (Å²) in [6.07, 6.45) is 3.48. The van der Waals surface area contributed by atoms with Gasteiger partial charge in [0.2, 0.25) is 0 Å². The van der Waals surface area contributed by atoms with Crippen molar-refractivity contribution in [3.8, 4) is 0 Å². The molecular formula is C10H16N2O2. The Bertz CT molecular complexity index is 293. The van der Waals surface area contributed by atoms with Crippen molar-refractivity contribution in [1.29, 1.82) is 0 Å². The lowest BCUT2D eigenvalue weighted by atomic mass is 9.86. The molecule has 0 saturated heterocycles. The van der Waals surface area contributed by atoms with Gasteiger partial charge in [0.05, 0.1) is 5.92 Å². The Balaban J connectivity index is 2.84. The van der Waals surface area contributed by atoms with Gasteiger partial charge in [0.15, 0.2) is 0 Å². The number of carboxylic acid groups (broad SMARTS) is 1. The van der Waals surface area contributed by atoms with E-state index >= 15 is 0 Å². The highest BCUT2D eigenvalue weighted by Gasteiger charge is 2.29. The fourth-order valence-corrected chi connectivity index (χ4v) is 1.60. The third-order valence-electron chi connectivity index (χ3n) is 2.40. The molecule has 4 nitrogen and oxygen atoms in total. The predicted molar refractivity (Wildman–Crippen MR) is 53.7 cm³/mol. The quantitative estimate of drug-likeness (QED) is 0.680. The topological polar surface area (TPSA) is 79.1 Å². The lowest BCUT2D eigenvalue weighted by Gasteiger charge is -2.22. The molecule has 0 bridgehead atoms. The zero-order valence-corrected chi connectivity index (χ0v) is 8.40. The average molecular weight is 196 g/mol. The van der Waals surface area contributed by atoms with E-state index in [0.717, 1.165) is 5.56 Å². The number of carboxylic acids is 1. The van der Waals surface area contributed by atoms with Gasteiger partial charge in [-0.1, -0.05) is 13.8 Å². The summed E-state index contributed by atoms with van der Waals surface area (Å²) in [6.45, 7) is 3.73. The van der Waals surface area contributed by atoms with Crippen molar-refractivity contribution in [3.05, 3.63) is 24.0 Å². The van der Waals surface area contributed by atoms with Gasteiger partial charge in [0.1, 0.15) is 0 Å². The summed E-state index contributed by atoms with van der Waals surface area (Å²) in [5.41, 5.74) is 6.72. The monoisotopic (exact) mass is 196 g/mol. The number of aromatic nitrogens is 1. The lowest BCUT2D eigenvalue weighted by Crippen LogP contribution is -2.31. The second-order valence-electron chi connectivity index (χ2n) is 3.78. The van der Waals surface area contributed by atoms with Crippen LogP contribution in [0, 0.1) is 11.8 Å². The minimum Gasteiger partial charge on any atom is -0.481 e. The SMILES string of the molecule is CC(C)C(C(=O)O)C(N)c1cc[nH]c1. The highest BCUT2D eigenvalue weighted by Crippen LogP contribution is 2.25. The molecule has 2 unspecified atom stereocenters. The van der Waals surface area contributed by atoms with Gasteiger partial charge in [-0.25, -0.2) is 0 Å². The number of H-pyrrole nitrogens is 1. The van der Waals surface area contributed by atoms with Crippen LogP contribution in [0.15, 0.2) is 18.5 Å². The molecule has 0 aliphatic rings. The molecule has 0 aliphatic heterocycles. The Kier molecular flexibility index (Phi) is 3.30. The Morgan fingerprint density at radius 2 is 2.21 bits per heavy atom. The number of nitrogens with two attached hydrogens (primary N) is 1. The van der Waals surface area contributed by atoms with Crippen molar-refractivity contribution >= 4 is 5.97 Å². The molecule has 78 valence electrons. The molecule has 4 heteroatoms. The Hall–Kier alpha value is -1.29. The van der Waals surface area contributed by atoms with E-state index in [1.165, 1.54) is 0 Å². The lowest BCUT2D eigenvalue weighted by molar-refractivity contribution is -0.144. The first kappa shape index (κ1) is 10.8. The zero-order chi connectivity index (χ0) is 10.7. The van der Waals surface area contributed by atoms with E-state index in [1.807, 2.05) is 19.9 Å². The molecule has 2 atom stereocenters. The number of rotatable bonds is 4. The largest absolute Gasteiger partial charge is 0.481 e. The molecule has 0 amide bonds. The summed E-state index contributed by atoms with van der Waals surface area (Å²) < 4.78 is 0. The van der Waals surface area contributed by atoms with Gasteiger partial charge in [0, 0.05) is 18.4 Å². The van der Waals surface area contributed by atoms with Gasteiger partial charge >= 0.3 is 5.97 Å². The fourth-order valence-electron chi connectivity index (χ4n) is 1.60. The Morgan fingerprint density at radius 3 is 2.57 bits per heavy atom. The van der Waals surface area contributed by atoms with E-state index in [-0.39, 0.29) is 5.92 Å². The van der Waals surface area contributed by atoms with Gasteiger partial charge in [-0.05, 0) is 17.5 Å². The van der Waals surface area contributed by atoms with Crippen LogP contribution in [-0.2, 0) is 4.79 Å². The molecule has 1 rings (SSSR count). The van der Waals surface area contributed by atoms with Gasteiger partial charge in [-0.15, -0.1) is 0 Å². The van der Waals surface area contributed by atoms with Crippen LogP contribution < -0.4 is 5.73 Å². The van der Waals surface area contributed by atoms with Gasteiger partial charge in [-0.3, -0.25) is 4.79 Å². The average Bonchev–Trinajstić information content (AvgIpc) is 2.53. The Labute approximate surface area is 83.1 Å². The molecule has 0 radical (unpaired) electrons. The molecule has 0 aromatic carbocycles. The summed E-state index contributed by atoms with van der Waals surface area (Å²) >= 11 is 0. The standard InChI is InChI=1S/C10H16N2O2/c1-6(2)8(10(13)14)9(11)7-3-4-12-5-7/h3-6,8-9,12H,11H2,1-2H3,(H,13,14). The van der Waals surface area contributed by atoms with Crippen molar-refractivity contribution in [2.24, 2.45) is 17.6 Å². The maximum Gasteiger partial charge on any atom is 0.308 e. The number of aliphatic carboxylic acids is 1. The van der Waals surface area contributed by atoms with E-state index in [4.69, 9.17) is 10.8 Å². The smallest absolute Gasteiger partial charge is 0.308 e. The van der Waals surface area contributed by atoms with Crippen LogP contribution in [0.25, 0.3) is 0 Å². The van der Waals surface area contributed by atoms with Crippen LogP contribution in [0.1, 0.15) is 25.5 Å². The second kappa shape index (κ2) is 4.28. The van der Waals surface area contributed by atoms with Crippen LogP contribution >= 0.6 is 0 Å². The van der Waals surface area contributed by atoms with E-state index in [2.05, 4.69) is 4.98 Å². The summed E-state index contributed by atoms with van der Waals surface area (Å²) in [4.78, 5) is 13.9. The summed E-state index contributed by atoms with van der Waals surface area (Å²) in [6, 6.07) is 1.36. The molecule has 1 aromatic heterocycles. The second-order valence-corrected chi connectivity index (χ2v) is 3.78. The molecule has 0 spiro atoms. The maximum atomic E-state index is 11.0. The van der Waals surface area contributed by atoms with Gasteiger partial charge in [0.25, 0.3) is 0 Å². The first-order valence-electron chi connectivity index (χ1n) is 4.65.